The van der Waals surface area contributed by atoms with Crippen molar-refractivity contribution in [1.29, 1.82) is 0 Å². The number of aromatic nitrogens is 1. The van der Waals surface area contributed by atoms with Gasteiger partial charge in [0.05, 0.1) is 0 Å². The van der Waals surface area contributed by atoms with Gasteiger partial charge in [0.2, 0.25) is 0 Å². The van der Waals surface area contributed by atoms with Crippen LogP contribution in [-0.4, -0.2) is 23.5 Å². The summed E-state index contributed by atoms with van der Waals surface area (Å²) >= 11 is 3.37. The summed E-state index contributed by atoms with van der Waals surface area (Å²) in [6.45, 7) is 6.86. The molecule has 2 nitrogen and oxygen atoms in total. The van der Waals surface area contributed by atoms with Gasteiger partial charge < -0.3 is 0 Å². The summed E-state index contributed by atoms with van der Waals surface area (Å²) in [6, 6.07) is 4.46. The van der Waals surface area contributed by atoms with E-state index in [9.17, 15) is 0 Å². The monoisotopic (exact) mass is 254 g/mol. The molecule has 0 aromatic carbocycles. The predicted octanol–water partition coefficient (Wildman–Crippen LogP) is 2.98. The highest BCUT2D eigenvalue weighted by atomic mass is 79.9. The Morgan fingerprint density at radius 2 is 2.14 bits per heavy atom. The third-order valence-corrected chi connectivity index (χ3v) is 2.52. The van der Waals surface area contributed by atoms with Crippen molar-refractivity contribution in [3.63, 3.8) is 0 Å². The molecule has 0 aliphatic heterocycles. The molecule has 0 amide bonds. The van der Waals surface area contributed by atoms with Gasteiger partial charge >= 0.3 is 0 Å². The first kappa shape index (κ1) is 11.4. The molecule has 1 aromatic rings. The number of likely N-dealkylation sites (N-methyl/N-ethyl adjacent to an activating group) is 1. The van der Waals surface area contributed by atoms with Crippen LogP contribution in [0.5, 0.6) is 0 Å². The molecule has 0 saturated carbocycles. The third-order valence-electron chi connectivity index (χ3n) is 2.27. The van der Waals surface area contributed by atoms with Crippen LogP contribution in [0.1, 0.15) is 18.5 Å². The summed E-state index contributed by atoms with van der Waals surface area (Å²) in [5.74, 6) is 0. The van der Waals surface area contributed by atoms with Gasteiger partial charge in [-0.1, -0.05) is 22.5 Å². The fourth-order valence-corrected chi connectivity index (χ4v) is 1.70. The minimum atomic E-state index is 0.382. The van der Waals surface area contributed by atoms with Crippen LogP contribution in [0.3, 0.4) is 0 Å². The lowest BCUT2D eigenvalue weighted by molar-refractivity contribution is 0.288. The second kappa shape index (κ2) is 5.27. The SMILES string of the molecule is C=C(Br)CN(C)[C@H](C)c1ccncc1. The van der Waals surface area contributed by atoms with Crippen LogP contribution in [-0.2, 0) is 0 Å². The van der Waals surface area contributed by atoms with Crippen molar-refractivity contribution in [3.8, 4) is 0 Å². The molecular weight excluding hydrogens is 240 g/mol. The highest BCUT2D eigenvalue weighted by Crippen LogP contribution is 2.19. The topological polar surface area (TPSA) is 16.1 Å². The Bertz CT molecular complexity index is 297. The smallest absolute Gasteiger partial charge is 0.0321 e. The molecular formula is C11H15BrN2. The number of hydrogen-bond donors (Lipinski definition) is 0. The molecule has 1 rings (SSSR count). The Balaban J connectivity index is 2.65. The van der Waals surface area contributed by atoms with Gasteiger partial charge in [0.25, 0.3) is 0 Å². The molecule has 0 spiro atoms. The van der Waals surface area contributed by atoms with Gasteiger partial charge in [0.15, 0.2) is 0 Å². The zero-order valence-corrected chi connectivity index (χ0v) is 10.2. The lowest BCUT2D eigenvalue weighted by Crippen LogP contribution is -2.23. The van der Waals surface area contributed by atoms with E-state index in [1.165, 1.54) is 5.56 Å². The Kier molecular flexibility index (Phi) is 4.29. The van der Waals surface area contributed by atoms with Gasteiger partial charge in [0, 0.05) is 29.5 Å². The number of rotatable bonds is 4. The summed E-state index contributed by atoms with van der Waals surface area (Å²) in [5.41, 5.74) is 1.27. The second-order valence-electron chi connectivity index (χ2n) is 3.39. The fourth-order valence-electron chi connectivity index (χ4n) is 1.30. The second-order valence-corrected chi connectivity index (χ2v) is 4.51. The third kappa shape index (κ3) is 3.24. The molecule has 0 N–H and O–H groups in total. The highest BCUT2D eigenvalue weighted by molar-refractivity contribution is 9.11. The number of nitrogens with zero attached hydrogens (tertiary/aromatic N) is 2. The van der Waals surface area contributed by atoms with Gasteiger partial charge in [-0.05, 0) is 31.7 Å². The zero-order chi connectivity index (χ0) is 10.6. The fraction of sp³-hybridized carbons (Fsp3) is 0.364. The van der Waals surface area contributed by atoms with E-state index in [4.69, 9.17) is 0 Å². The molecule has 0 saturated heterocycles. The molecule has 0 unspecified atom stereocenters. The van der Waals surface area contributed by atoms with Crippen LogP contribution in [0.2, 0.25) is 0 Å². The lowest BCUT2D eigenvalue weighted by Gasteiger charge is -2.24. The predicted molar refractivity (Wildman–Crippen MR) is 63.3 cm³/mol. The van der Waals surface area contributed by atoms with Crippen LogP contribution >= 0.6 is 15.9 Å². The number of halogens is 1. The van der Waals surface area contributed by atoms with Crippen molar-refractivity contribution in [2.75, 3.05) is 13.6 Å². The summed E-state index contributed by atoms with van der Waals surface area (Å²) in [5, 5.41) is 0. The average molecular weight is 255 g/mol. The lowest BCUT2D eigenvalue weighted by atomic mass is 10.1. The molecule has 0 bridgehead atoms. The van der Waals surface area contributed by atoms with E-state index in [1.807, 2.05) is 24.5 Å². The molecule has 0 fully saturated rings. The number of pyridine rings is 1. The first-order chi connectivity index (χ1) is 6.61. The van der Waals surface area contributed by atoms with Crippen LogP contribution in [0, 0.1) is 0 Å². The molecule has 14 heavy (non-hydrogen) atoms. The molecule has 0 radical (unpaired) electrons. The Labute approximate surface area is 93.8 Å². The molecule has 0 aliphatic carbocycles. The van der Waals surface area contributed by atoms with Crippen LogP contribution < -0.4 is 0 Å². The maximum atomic E-state index is 4.00. The van der Waals surface area contributed by atoms with Crippen LogP contribution in [0.4, 0.5) is 0 Å². The van der Waals surface area contributed by atoms with Gasteiger partial charge in [-0.15, -0.1) is 0 Å². The van der Waals surface area contributed by atoms with Crippen molar-refractivity contribution in [1.82, 2.24) is 9.88 Å². The van der Waals surface area contributed by atoms with Gasteiger partial charge in [-0.2, -0.15) is 0 Å². The molecule has 1 atom stereocenters. The maximum Gasteiger partial charge on any atom is 0.0321 e. The van der Waals surface area contributed by atoms with Crippen molar-refractivity contribution in [2.24, 2.45) is 0 Å². The summed E-state index contributed by atoms with van der Waals surface area (Å²) < 4.78 is 1.00. The van der Waals surface area contributed by atoms with Crippen LogP contribution in [0.25, 0.3) is 0 Å². The normalized spacial score (nSPS) is 12.9. The van der Waals surface area contributed by atoms with E-state index in [-0.39, 0.29) is 0 Å². The van der Waals surface area contributed by atoms with E-state index in [2.05, 4.69) is 46.4 Å². The standard InChI is InChI=1S/C11H15BrN2/c1-9(12)8-14(3)10(2)11-4-6-13-7-5-11/h4-7,10H,1,8H2,2-3H3/t10-/m1/s1. The molecule has 1 heterocycles. The minimum Gasteiger partial charge on any atom is -0.295 e. The number of hydrogen-bond acceptors (Lipinski definition) is 2. The van der Waals surface area contributed by atoms with Gasteiger partial charge in [0.1, 0.15) is 0 Å². The average Bonchev–Trinajstić information content (AvgIpc) is 2.17. The van der Waals surface area contributed by atoms with E-state index in [0.29, 0.717) is 6.04 Å². The molecule has 3 heteroatoms. The summed E-state index contributed by atoms with van der Waals surface area (Å²) in [7, 11) is 2.08. The molecule has 0 aliphatic rings. The van der Waals surface area contributed by atoms with Crippen LogP contribution in [0.15, 0.2) is 35.6 Å². The zero-order valence-electron chi connectivity index (χ0n) is 8.57. The van der Waals surface area contributed by atoms with E-state index in [1.54, 1.807) is 0 Å². The first-order valence-electron chi connectivity index (χ1n) is 4.54. The first-order valence-corrected chi connectivity index (χ1v) is 5.34. The Morgan fingerprint density at radius 1 is 1.57 bits per heavy atom. The summed E-state index contributed by atoms with van der Waals surface area (Å²) in [6.07, 6.45) is 3.64. The minimum absolute atomic E-state index is 0.382. The Morgan fingerprint density at radius 3 is 2.64 bits per heavy atom. The molecule has 76 valence electrons. The van der Waals surface area contributed by atoms with Gasteiger partial charge in [-0.3, -0.25) is 9.88 Å². The van der Waals surface area contributed by atoms with Gasteiger partial charge in [-0.25, -0.2) is 0 Å². The maximum absolute atomic E-state index is 4.00. The quantitative estimate of drug-likeness (QED) is 0.822. The highest BCUT2D eigenvalue weighted by Gasteiger charge is 2.10. The molecule has 1 aromatic heterocycles. The largest absolute Gasteiger partial charge is 0.295 e. The van der Waals surface area contributed by atoms with Crippen molar-refractivity contribution in [2.45, 2.75) is 13.0 Å². The summed E-state index contributed by atoms with van der Waals surface area (Å²) in [4.78, 5) is 6.23. The Hall–Kier alpha value is -0.670. The van der Waals surface area contributed by atoms with Crippen molar-refractivity contribution in [3.05, 3.63) is 41.2 Å². The van der Waals surface area contributed by atoms with Crippen molar-refractivity contribution >= 4 is 15.9 Å². The van der Waals surface area contributed by atoms with E-state index < -0.39 is 0 Å². The van der Waals surface area contributed by atoms with E-state index in [0.717, 1.165) is 11.0 Å². The van der Waals surface area contributed by atoms with Crippen molar-refractivity contribution < 1.29 is 0 Å². The van der Waals surface area contributed by atoms with E-state index >= 15 is 0 Å².